The third-order valence-electron chi connectivity index (χ3n) is 4.05. The molecule has 0 aliphatic heterocycles. The number of para-hydroxylation sites is 1. The number of thiophene rings is 1. The standard InChI is InChI=1S/C19H24N4S.HI/c1-3-20-19(23-13-18-14(2)9-11-24-18)21-10-8-15-12-22-17-7-5-4-6-16(15)17;/h4-7,9,11-12,22H,3,8,10,13H2,1-2H3,(H2,20,21,23);1H. The Morgan fingerprint density at radius 2 is 2.04 bits per heavy atom. The number of hydrogen-bond acceptors (Lipinski definition) is 2. The highest BCUT2D eigenvalue weighted by molar-refractivity contribution is 14.0. The molecule has 2 aromatic heterocycles. The second-order valence-electron chi connectivity index (χ2n) is 5.76. The number of nitrogens with one attached hydrogen (secondary N) is 3. The first-order chi connectivity index (χ1) is 11.8. The molecule has 3 aromatic rings. The van der Waals surface area contributed by atoms with Gasteiger partial charge in [-0.3, -0.25) is 0 Å². The quantitative estimate of drug-likeness (QED) is 0.285. The van der Waals surface area contributed by atoms with Crippen LogP contribution in [0, 0.1) is 6.92 Å². The van der Waals surface area contributed by atoms with Crippen molar-refractivity contribution in [2.75, 3.05) is 13.1 Å². The molecule has 0 unspecified atom stereocenters. The Bertz CT molecular complexity index is 822. The van der Waals surface area contributed by atoms with E-state index in [1.54, 1.807) is 11.3 Å². The van der Waals surface area contributed by atoms with E-state index in [2.05, 4.69) is 71.4 Å². The third-order valence-corrected chi connectivity index (χ3v) is 5.06. The molecule has 4 nitrogen and oxygen atoms in total. The van der Waals surface area contributed by atoms with Crippen molar-refractivity contribution in [2.45, 2.75) is 26.8 Å². The molecular weight excluding hydrogens is 443 g/mol. The molecule has 0 radical (unpaired) electrons. The van der Waals surface area contributed by atoms with Crippen LogP contribution in [0.1, 0.15) is 22.9 Å². The summed E-state index contributed by atoms with van der Waals surface area (Å²) in [6.07, 6.45) is 3.07. The van der Waals surface area contributed by atoms with Crippen molar-refractivity contribution >= 4 is 52.2 Å². The zero-order chi connectivity index (χ0) is 16.8. The van der Waals surface area contributed by atoms with E-state index in [-0.39, 0.29) is 24.0 Å². The van der Waals surface area contributed by atoms with Gasteiger partial charge in [-0.15, -0.1) is 35.3 Å². The van der Waals surface area contributed by atoms with E-state index >= 15 is 0 Å². The van der Waals surface area contributed by atoms with Gasteiger partial charge < -0.3 is 15.6 Å². The number of benzene rings is 1. The summed E-state index contributed by atoms with van der Waals surface area (Å²) in [6.45, 7) is 6.68. The second kappa shape index (κ2) is 9.82. The van der Waals surface area contributed by atoms with E-state index in [0.717, 1.165) is 32.0 Å². The van der Waals surface area contributed by atoms with Crippen LogP contribution in [0.5, 0.6) is 0 Å². The Labute approximate surface area is 170 Å². The lowest BCUT2D eigenvalue weighted by molar-refractivity contribution is 0.802. The SMILES string of the molecule is CCNC(=NCc1sccc1C)NCCc1c[nH]c2ccccc12.I. The van der Waals surface area contributed by atoms with Crippen LogP contribution < -0.4 is 10.6 Å². The van der Waals surface area contributed by atoms with Crippen molar-refractivity contribution in [1.29, 1.82) is 0 Å². The summed E-state index contributed by atoms with van der Waals surface area (Å²) < 4.78 is 0. The van der Waals surface area contributed by atoms with E-state index in [1.807, 2.05) is 0 Å². The monoisotopic (exact) mass is 468 g/mol. The van der Waals surface area contributed by atoms with Crippen molar-refractivity contribution in [1.82, 2.24) is 15.6 Å². The first kappa shape index (κ1) is 19.8. The van der Waals surface area contributed by atoms with Crippen molar-refractivity contribution in [2.24, 2.45) is 4.99 Å². The summed E-state index contributed by atoms with van der Waals surface area (Å²) in [6, 6.07) is 10.6. The van der Waals surface area contributed by atoms with E-state index in [1.165, 1.54) is 26.9 Å². The van der Waals surface area contributed by atoms with Gasteiger partial charge in [0.15, 0.2) is 5.96 Å². The van der Waals surface area contributed by atoms with Crippen LogP contribution in [0.4, 0.5) is 0 Å². The van der Waals surface area contributed by atoms with Crippen molar-refractivity contribution in [3.05, 3.63) is 57.9 Å². The number of H-pyrrole nitrogens is 1. The van der Waals surface area contributed by atoms with Gasteiger partial charge in [0.2, 0.25) is 0 Å². The molecule has 3 rings (SSSR count). The lowest BCUT2D eigenvalue weighted by Crippen LogP contribution is -2.38. The van der Waals surface area contributed by atoms with Gasteiger partial charge in [0.05, 0.1) is 6.54 Å². The smallest absolute Gasteiger partial charge is 0.191 e. The lowest BCUT2D eigenvalue weighted by atomic mass is 10.1. The van der Waals surface area contributed by atoms with Gasteiger partial charge in [0, 0.05) is 35.1 Å². The summed E-state index contributed by atoms with van der Waals surface area (Å²) in [7, 11) is 0. The molecule has 0 saturated heterocycles. The number of fused-ring (bicyclic) bond motifs is 1. The first-order valence-electron chi connectivity index (χ1n) is 8.38. The topological polar surface area (TPSA) is 52.2 Å². The van der Waals surface area contributed by atoms with Gasteiger partial charge >= 0.3 is 0 Å². The Kier molecular flexibility index (Phi) is 7.77. The Morgan fingerprint density at radius 3 is 2.80 bits per heavy atom. The van der Waals surface area contributed by atoms with Crippen molar-refractivity contribution in [3.63, 3.8) is 0 Å². The number of nitrogens with zero attached hydrogens (tertiary/aromatic N) is 1. The minimum atomic E-state index is 0. The lowest BCUT2D eigenvalue weighted by Gasteiger charge is -2.11. The van der Waals surface area contributed by atoms with E-state index in [4.69, 9.17) is 4.99 Å². The molecule has 0 fully saturated rings. The maximum absolute atomic E-state index is 4.69. The predicted molar refractivity (Wildman–Crippen MR) is 119 cm³/mol. The van der Waals surface area contributed by atoms with E-state index < -0.39 is 0 Å². The van der Waals surface area contributed by atoms with Crippen LogP contribution in [0.2, 0.25) is 0 Å². The molecule has 25 heavy (non-hydrogen) atoms. The molecule has 0 saturated carbocycles. The molecule has 0 amide bonds. The number of aryl methyl sites for hydroxylation is 1. The van der Waals surface area contributed by atoms with Crippen molar-refractivity contribution < 1.29 is 0 Å². The Balaban J connectivity index is 0.00000225. The van der Waals surface area contributed by atoms with Crippen LogP contribution in [0.25, 0.3) is 10.9 Å². The van der Waals surface area contributed by atoms with E-state index in [0.29, 0.717) is 0 Å². The van der Waals surface area contributed by atoms with Gasteiger partial charge in [-0.1, -0.05) is 18.2 Å². The molecule has 6 heteroatoms. The van der Waals surface area contributed by atoms with Crippen LogP contribution in [0.3, 0.4) is 0 Å². The van der Waals surface area contributed by atoms with Crippen LogP contribution in [-0.2, 0) is 13.0 Å². The fourth-order valence-corrected chi connectivity index (χ4v) is 3.54. The molecule has 3 N–H and O–H groups in total. The molecule has 0 bridgehead atoms. The summed E-state index contributed by atoms with van der Waals surface area (Å²) >= 11 is 1.77. The zero-order valence-electron chi connectivity index (χ0n) is 14.6. The number of hydrogen-bond donors (Lipinski definition) is 3. The molecule has 0 atom stereocenters. The number of guanidine groups is 1. The molecule has 2 heterocycles. The number of aromatic amines is 1. The maximum Gasteiger partial charge on any atom is 0.191 e. The fraction of sp³-hybridized carbons (Fsp3) is 0.316. The summed E-state index contributed by atoms with van der Waals surface area (Å²) in [5.41, 5.74) is 3.85. The van der Waals surface area contributed by atoms with Gasteiger partial charge in [-0.2, -0.15) is 0 Å². The second-order valence-corrected chi connectivity index (χ2v) is 6.76. The average Bonchev–Trinajstić information content (AvgIpc) is 3.19. The predicted octanol–water partition coefficient (Wildman–Crippen LogP) is 4.45. The van der Waals surface area contributed by atoms with E-state index in [9.17, 15) is 0 Å². The molecular formula is C19H25IN4S. The van der Waals surface area contributed by atoms with Gasteiger partial charge in [-0.25, -0.2) is 4.99 Å². The zero-order valence-corrected chi connectivity index (χ0v) is 17.8. The largest absolute Gasteiger partial charge is 0.361 e. The fourth-order valence-electron chi connectivity index (χ4n) is 2.71. The Hall–Kier alpha value is -1.54. The average molecular weight is 468 g/mol. The van der Waals surface area contributed by atoms with Gasteiger partial charge in [0.1, 0.15) is 0 Å². The molecule has 0 spiro atoms. The number of halogens is 1. The van der Waals surface area contributed by atoms with Crippen LogP contribution >= 0.6 is 35.3 Å². The first-order valence-corrected chi connectivity index (χ1v) is 9.26. The van der Waals surface area contributed by atoms with Gasteiger partial charge in [0.25, 0.3) is 0 Å². The summed E-state index contributed by atoms with van der Waals surface area (Å²) in [4.78, 5) is 9.35. The highest BCUT2D eigenvalue weighted by atomic mass is 127. The molecule has 0 aliphatic carbocycles. The number of aromatic nitrogens is 1. The summed E-state index contributed by atoms with van der Waals surface area (Å²) in [5.74, 6) is 0.880. The number of aliphatic imine (C=N–C) groups is 1. The van der Waals surface area contributed by atoms with Crippen LogP contribution in [-0.4, -0.2) is 24.0 Å². The Morgan fingerprint density at radius 1 is 1.20 bits per heavy atom. The van der Waals surface area contributed by atoms with Crippen molar-refractivity contribution in [3.8, 4) is 0 Å². The minimum Gasteiger partial charge on any atom is -0.361 e. The highest BCUT2D eigenvalue weighted by Crippen LogP contribution is 2.18. The third kappa shape index (κ3) is 5.22. The van der Waals surface area contributed by atoms with Crippen LogP contribution in [0.15, 0.2) is 46.9 Å². The maximum atomic E-state index is 4.69. The molecule has 134 valence electrons. The normalized spacial score (nSPS) is 11.4. The highest BCUT2D eigenvalue weighted by Gasteiger charge is 2.04. The number of rotatable bonds is 6. The molecule has 1 aromatic carbocycles. The van der Waals surface area contributed by atoms with Gasteiger partial charge in [-0.05, 0) is 48.9 Å². The minimum absolute atomic E-state index is 0. The summed E-state index contributed by atoms with van der Waals surface area (Å²) in [5, 5.41) is 10.2. The molecule has 0 aliphatic rings.